The molecule has 1 heterocycles. The second-order valence-corrected chi connectivity index (χ2v) is 7.43. The highest BCUT2D eigenvalue weighted by Crippen LogP contribution is 2.23. The number of sulfonamides is 1. The molecule has 0 aliphatic carbocycles. The molecule has 0 unspecified atom stereocenters. The topological polar surface area (TPSA) is 63.7 Å². The molecule has 0 radical (unpaired) electrons. The van der Waals surface area contributed by atoms with E-state index >= 15 is 0 Å². The highest BCUT2D eigenvalue weighted by Gasteiger charge is 2.22. The summed E-state index contributed by atoms with van der Waals surface area (Å²) in [6, 6.07) is 3.38. The number of carbonyl (C=O) groups is 1. The van der Waals surface area contributed by atoms with E-state index < -0.39 is 10.0 Å². The minimum atomic E-state index is -3.42. The zero-order chi connectivity index (χ0) is 13.8. The van der Waals surface area contributed by atoms with E-state index in [1.807, 2.05) is 6.92 Å². The van der Waals surface area contributed by atoms with Crippen molar-refractivity contribution in [2.24, 2.45) is 0 Å². The third kappa shape index (κ3) is 3.79. The molecule has 0 amide bonds. The van der Waals surface area contributed by atoms with Crippen LogP contribution in [0.15, 0.2) is 16.3 Å². The maximum absolute atomic E-state index is 12.1. The molecule has 0 bridgehead atoms. The number of methoxy groups -OCH3 is 1. The second-order valence-electron chi connectivity index (χ2n) is 3.87. The van der Waals surface area contributed by atoms with Gasteiger partial charge in [-0.3, -0.25) is 4.79 Å². The smallest absolute Gasteiger partial charge is 0.305 e. The monoisotopic (exact) mass is 291 g/mol. The maximum atomic E-state index is 12.1. The van der Waals surface area contributed by atoms with Crippen LogP contribution in [-0.4, -0.2) is 39.4 Å². The lowest BCUT2D eigenvalue weighted by molar-refractivity contribution is -0.140. The molecule has 18 heavy (non-hydrogen) atoms. The van der Waals surface area contributed by atoms with Crippen molar-refractivity contribution in [1.29, 1.82) is 0 Å². The Morgan fingerprint density at radius 1 is 1.44 bits per heavy atom. The molecule has 0 N–H and O–H groups in total. The summed E-state index contributed by atoms with van der Waals surface area (Å²) in [5.41, 5.74) is 0. The quantitative estimate of drug-likeness (QED) is 0.747. The zero-order valence-corrected chi connectivity index (χ0v) is 12.3. The summed E-state index contributed by atoms with van der Waals surface area (Å²) in [6.07, 6.45) is 0.673. The Kier molecular flexibility index (Phi) is 5.30. The van der Waals surface area contributed by atoms with Gasteiger partial charge in [0.15, 0.2) is 0 Å². The third-order valence-electron chi connectivity index (χ3n) is 2.46. The van der Waals surface area contributed by atoms with Crippen LogP contribution in [0.25, 0.3) is 0 Å². The first-order valence-electron chi connectivity index (χ1n) is 5.47. The van der Waals surface area contributed by atoms with Crippen molar-refractivity contribution in [3.63, 3.8) is 0 Å². The predicted octanol–water partition coefficient (Wildman–Crippen LogP) is 1.63. The standard InChI is InChI=1S/C11H17NO4S2/c1-9-6-7-11(17-9)18(14,15)12(2)8-4-5-10(13)16-3/h6-7H,4-5,8H2,1-3H3. The van der Waals surface area contributed by atoms with Gasteiger partial charge >= 0.3 is 5.97 Å². The van der Waals surface area contributed by atoms with Crippen LogP contribution >= 0.6 is 11.3 Å². The summed E-state index contributed by atoms with van der Waals surface area (Å²) in [5.74, 6) is -0.326. The molecule has 0 saturated carbocycles. The summed E-state index contributed by atoms with van der Waals surface area (Å²) in [5, 5.41) is 0. The molecule has 7 heteroatoms. The SMILES string of the molecule is COC(=O)CCCN(C)S(=O)(=O)c1ccc(C)s1. The largest absolute Gasteiger partial charge is 0.469 e. The fourth-order valence-corrected chi connectivity index (χ4v) is 4.08. The molecule has 1 rings (SSSR count). The van der Waals surface area contributed by atoms with Crippen LogP contribution in [0.4, 0.5) is 0 Å². The lowest BCUT2D eigenvalue weighted by Gasteiger charge is -2.15. The van der Waals surface area contributed by atoms with E-state index in [1.165, 1.54) is 29.8 Å². The van der Waals surface area contributed by atoms with Crippen molar-refractivity contribution in [2.75, 3.05) is 20.7 Å². The van der Waals surface area contributed by atoms with Crippen molar-refractivity contribution < 1.29 is 17.9 Å². The van der Waals surface area contributed by atoms with Gasteiger partial charge in [-0.15, -0.1) is 11.3 Å². The Morgan fingerprint density at radius 3 is 2.61 bits per heavy atom. The van der Waals surface area contributed by atoms with Gasteiger partial charge in [0.25, 0.3) is 10.0 Å². The van der Waals surface area contributed by atoms with Gasteiger partial charge in [0.2, 0.25) is 0 Å². The normalized spacial score (nSPS) is 11.8. The van der Waals surface area contributed by atoms with E-state index in [2.05, 4.69) is 4.74 Å². The molecular formula is C11H17NO4S2. The molecule has 0 saturated heterocycles. The van der Waals surface area contributed by atoms with E-state index in [4.69, 9.17) is 0 Å². The lowest BCUT2D eigenvalue weighted by atomic mass is 10.3. The van der Waals surface area contributed by atoms with Crippen LogP contribution in [0.1, 0.15) is 17.7 Å². The summed E-state index contributed by atoms with van der Waals surface area (Å²) in [4.78, 5) is 11.9. The second kappa shape index (κ2) is 6.31. The minimum Gasteiger partial charge on any atom is -0.469 e. The Hall–Kier alpha value is -0.920. The number of aryl methyl sites for hydroxylation is 1. The molecule has 1 aromatic heterocycles. The van der Waals surface area contributed by atoms with Crippen LogP contribution in [0.3, 0.4) is 0 Å². The van der Waals surface area contributed by atoms with Gasteiger partial charge in [-0.2, -0.15) is 0 Å². The van der Waals surface area contributed by atoms with Crippen molar-refractivity contribution >= 4 is 27.3 Å². The Morgan fingerprint density at radius 2 is 2.11 bits per heavy atom. The highest BCUT2D eigenvalue weighted by atomic mass is 32.2. The number of rotatable bonds is 6. The molecule has 0 aromatic carbocycles. The van der Waals surface area contributed by atoms with Gasteiger partial charge in [0.05, 0.1) is 7.11 Å². The van der Waals surface area contributed by atoms with Crippen molar-refractivity contribution in [2.45, 2.75) is 24.0 Å². The van der Waals surface area contributed by atoms with Crippen LogP contribution in [-0.2, 0) is 19.6 Å². The van der Waals surface area contributed by atoms with Gasteiger partial charge in [0.1, 0.15) is 4.21 Å². The van der Waals surface area contributed by atoms with Crippen molar-refractivity contribution in [1.82, 2.24) is 4.31 Å². The first-order valence-corrected chi connectivity index (χ1v) is 7.73. The van der Waals surface area contributed by atoms with E-state index in [0.29, 0.717) is 17.2 Å². The number of hydrogen-bond donors (Lipinski definition) is 0. The van der Waals surface area contributed by atoms with E-state index in [9.17, 15) is 13.2 Å². The molecule has 0 fully saturated rings. The Labute approximate surface area is 111 Å². The lowest BCUT2D eigenvalue weighted by Crippen LogP contribution is -2.27. The minimum absolute atomic E-state index is 0.222. The molecule has 0 aliphatic rings. The first-order chi connectivity index (χ1) is 8.37. The fourth-order valence-electron chi connectivity index (χ4n) is 1.37. The first kappa shape index (κ1) is 15.1. The van der Waals surface area contributed by atoms with Crippen LogP contribution < -0.4 is 0 Å². The van der Waals surface area contributed by atoms with E-state index in [-0.39, 0.29) is 12.4 Å². The summed E-state index contributed by atoms with van der Waals surface area (Å²) < 4.78 is 30.3. The summed E-state index contributed by atoms with van der Waals surface area (Å²) in [7, 11) is -0.591. The average Bonchev–Trinajstić information content (AvgIpc) is 2.76. The molecule has 0 aliphatic heterocycles. The summed E-state index contributed by atoms with van der Waals surface area (Å²) in [6.45, 7) is 2.16. The third-order valence-corrected chi connectivity index (χ3v) is 5.79. The zero-order valence-electron chi connectivity index (χ0n) is 10.7. The number of thiophene rings is 1. The number of ether oxygens (including phenoxy) is 1. The van der Waals surface area contributed by atoms with Gasteiger partial charge in [-0.25, -0.2) is 12.7 Å². The average molecular weight is 291 g/mol. The van der Waals surface area contributed by atoms with Gasteiger partial charge < -0.3 is 4.74 Å². The number of esters is 1. The molecule has 0 spiro atoms. The number of hydrogen-bond acceptors (Lipinski definition) is 5. The fraction of sp³-hybridized carbons (Fsp3) is 0.545. The van der Waals surface area contributed by atoms with Crippen LogP contribution in [0.5, 0.6) is 0 Å². The van der Waals surface area contributed by atoms with Crippen molar-refractivity contribution in [3.05, 3.63) is 17.0 Å². The Bertz CT molecular complexity index is 507. The molecule has 1 aromatic rings. The number of nitrogens with zero attached hydrogens (tertiary/aromatic N) is 1. The van der Waals surface area contributed by atoms with Gasteiger partial charge in [0, 0.05) is 24.9 Å². The van der Waals surface area contributed by atoms with Crippen LogP contribution in [0, 0.1) is 6.92 Å². The molecule has 0 atom stereocenters. The van der Waals surface area contributed by atoms with Gasteiger partial charge in [-0.05, 0) is 25.5 Å². The van der Waals surface area contributed by atoms with E-state index in [1.54, 1.807) is 12.1 Å². The molecular weight excluding hydrogens is 274 g/mol. The predicted molar refractivity (Wildman–Crippen MR) is 70.1 cm³/mol. The molecule has 5 nitrogen and oxygen atoms in total. The van der Waals surface area contributed by atoms with Gasteiger partial charge in [-0.1, -0.05) is 0 Å². The van der Waals surface area contributed by atoms with E-state index in [0.717, 1.165) is 4.88 Å². The highest BCUT2D eigenvalue weighted by molar-refractivity contribution is 7.91. The summed E-state index contributed by atoms with van der Waals surface area (Å²) >= 11 is 1.25. The van der Waals surface area contributed by atoms with Crippen molar-refractivity contribution in [3.8, 4) is 0 Å². The molecule has 102 valence electrons. The number of carbonyl (C=O) groups excluding carboxylic acids is 1. The maximum Gasteiger partial charge on any atom is 0.305 e. The Balaban J connectivity index is 2.60. The van der Waals surface area contributed by atoms with Crippen LogP contribution in [0.2, 0.25) is 0 Å².